The maximum absolute atomic E-state index is 4.31. The summed E-state index contributed by atoms with van der Waals surface area (Å²) in [6, 6.07) is 5.15. The molecule has 1 aromatic carbocycles. The van der Waals surface area contributed by atoms with Crippen LogP contribution in [0.3, 0.4) is 0 Å². The Bertz CT molecular complexity index is 789. The van der Waals surface area contributed by atoms with Crippen LogP contribution >= 0.6 is 0 Å². The summed E-state index contributed by atoms with van der Waals surface area (Å²) in [7, 11) is 0. The molecule has 1 spiro atoms. The molecule has 1 unspecified atom stereocenters. The minimum absolute atomic E-state index is 0.495. The fourth-order valence-electron chi connectivity index (χ4n) is 8.03. The molecule has 1 aliphatic heterocycles. The molecule has 1 aromatic rings. The molecule has 0 N–H and O–H groups in total. The van der Waals surface area contributed by atoms with Crippen LogP contribution in [-0.2, 0) is 18.3 Å². The molecule has 1 atom stereocenters. The van der Waals surface area contributed by atoms with E-state index in [4.69, 9.17) is 0 Å². The van der Waals surface area contributed by atoms with Crippen molar-refractivity contribution in [2.24, 2.45) is 11.3 Å². The Morgan fingerprint density at radius 3 is 2.43 bits per heavy atom. The van der Waals surface area contributed by atoms with Crippen LogP contribution in [0.1, 0.15) is 107 Å². The average Bonchev–Trinajstić information content (AvgIpc) is 3.41. The van der Waals surface area contributed by atoms with Gasteiger partial charge in [0.1, 0.15) is 0 Å². The minimum atomic E-state index is 0.495. The Kier molecular flexibility index (Phi) is 5.63. The van der Waals surface area contributed by atoms with E-state index in [-0.39, 0.29) is 0 Å². The first-order chi connectivity index (χ1) is 14.6. The highest BCUT2D eigenvalue weighted by molar-refractivity contribution is 5.72. The van der Waals surface area contributed by atoms with Crippen molar-refractivity contribution in [1.82, 2.24) is 4.90 Å². The van der Waals surface area contributed by atoms with Crippen LogP contribution in [0, 0.1) is 11.3 Å². The number of nitrogens with zero attached hydrogens (tertiary/aromatic N) is 1. The summed E-state index contributed by atoms with van der Waals surface area (Å²) >= 11 is 0. The van der Waals surface area contributed by atoms with E-state index in [1.54, 1.807) is 16.7 Å². The molecule has 0 amide bonds. The van der Waals surface area contributed by atoms with Crippen molar-refractivity contribution in [2.45, 2.75) is 103 Å². The quantitative estimate of drug-likeness (QED) is 0.479. The third-order valence-electron chi connectivity index (χ3n) is 9.55. The van der Waals surface area contributed by atoms with Crippen molar-refractivity contribution >= 4 is 5.57 Å². The van der Waals surface area contributed by atoms with Gasteiger partial charge in [0.15, 0.2) is 0 Å². The Balaban J connectivity index is 1.22. The highest BCUT2D eigenvalue weighted by atomic mass is 15.1. The largest absolute Gasteiger partial charge is 0.303 e. The lowest BCUT2D eigenvalue weighted by Crippen LogP contribution is -2.43. The highest BCUT2D eigenvalue weighted by Crippen LogP contribution is 2.51. The van der Waals surface area contributed by atoms with E-state index in [1.807, 2.05) is 0 Å². The molecule has 0 aromatic heterocycles. The number of likely N-dealkylation sites (tertiary alicyclic amines) is 1. The second kappa shape index (κ2) is 8.12. The van der Waals surface area contributed by atoms with Gasteiger partial charge in [-0.1, -0.05) is 45.4 Å². The van der Waals surface area contributed by atoms with E-state index in [9.17, 15) is 0 Å². The van der Waals surface area contributed by atoms with Crippen LogP contribution in [-0.4, -0.2) is 24.5 Å². The lowest BCUT2D eigenvalue weighted by atomic mass is 9.73. The van der Waals surface area contributed by atoms with Crippen molar-refractivity contribution in [1.29, 1.82) is 0 Å². The van der Waals surface area contributed by atoms with Gasteiger partial charge in [-0.2, -0.15) is 0 Å². The third-order valence-corrected chi connectivity index (χ3v) is 9.55. The second-order valence-electron chi connectivity index (χ2n) is 11.5. The van der Waals surface area contributed by atoms with Crippen molar-refractivity contribution in [2.75, 3.05) is 19.6 Å². The van der Waals surface area contributed by atoms with Crippen LogP contribution in [0.15, 0.2) is 18.7 Å². The molecule has 1 heterocycles. The topological polar surface area (TPSA) is 3.24 Å². The summed E-state index contributed by atoms with van der Waals surface area (Å²) < 4.78 is 0. The van der Waals surface area contributed by atoms with Crippen LogP contribution in [0.25, 0.3) is 5.57 Å². The zero-order chi connectivity index (χ0) is 20.8. The SMILES string of the molecule is C=C1CCc2cc3c(cc21)CCC31CCN(CC2CCC(CCC)(CCC)C2)CC1. The standard InChI is InChI=1S/C29H43N/c1-4-10-28(11-5-2)12-8-23(20-28)21-30-16-14-29(15-17-30)13-9-25-18-26-22(3)6-7-24(26)19-27(25)29/h18-19,23H,3-17,20-21H2,1-2H3. The third kappa shape index (κ3) is 3.60. The van der Waals surface area contributed by atoms with Gasteiger partial charge in [-0.25, -0.2) is 0 Å². The summed E-state index contributed by atoms with van der Waals surface area (Å²) in [5.41, 5.74) is 9.05. The van der Waals surface area contributed by atoms with E-state index in [1.165, 1.54) is 114 Å². The van der Waals surface area contributed by atoms with Crippen LogP contribution in [0.5, 0.6) is 0 Å². The van der Waals surface area contributed by atoms with Crippen LogP contribution in [0.2, 0.25) is 0 Å². The van der Waals surface area contributed by atoms with E-state index >= 15 is 0 Å². The van der Waals surface area contributed by atoms with Gasteiger partial charge >= 0.3 is 0 Å². The zero-order valence-electron chi connectivity index (χ0n) is 19.7. The van der Waals surface area contributed by atoms with Gasteiger partial charge in [0, 0.05) is 6.54 Å². The number of benzene rings is 1. The molecule has 4 aliphatic rings. The number of allylic oxidation sites excluding steroid dienone is 1. The predicted octanol–water partition coefficient (Wildman–Crippen LogP) is 7.31. The number of rotatable bonds is 6. The average molecular weight is 406 g/mol. The lowest BCUT2D eigenvalue weighted by molar-refractivity contribution is 0.133. The summed E-state index contributed by atoms with van der Waals surface area (Å²) in [4.78, 5) is 2.84. The van der Waals surface area contributed by atoms with Crippen molar-refractivity contribution in [3.8, 4) is 0 Å². The smallest absolute Gasteiger partial charge is 0.000988 e. The molecule has 0 bridgehead atoms. The maximum Gasteiger partial charge on any atom is 0.000988 e. The van der Waals surface area contributed by atoms with Gasteiger partial charge in [-0.15, -0.1) is 0 Å². The van der Waals surface area contributed by atoms with Gasteiger partial charge in [0.05, 0.1) is 0 Å². The summed E-state index contributed by atoms with van der Waals surface area (Å²) in [6.45, 7) is 13.1. The molecule has 3 aliphatic carbocycles. The molecule has 1 saturated carbocycles. The molecule has 5 rings (SSSR count). The molecular weight excluding hydrogens is 362 g/mol. The molecule has 2 fully saturated rings. The minimum Gasteiger partial charge on any atom is -0.303 e. The van der Waals surface area contributed by atoms with Crippen molar-refractivity contribution in [3.63, 3.8) is 0 Å². The summed E-state index contributed by atoms with van der Waals surface area (Å²) in [5.74, 6) is 0.960. The Morgan fingerprint density at radius 1 is 0.933 bits per heavy atom. The normalized spacial score (nSPS) is 27.0. The van der Waals surface area contributed by atoms with Gasteiger partial charge in [0.25, 0.3) is 0 Å². The van der Waals surface area contributed by atoms with E-state index in [0.29, 0.717) is 10.8 Å². The fourth-order valence-corrected chi connectivity index (χ4v) is 8.03. The number of fused-ring (bicyclic) bond motifs is 3. The Hall–Kier alpha value is -1.08. The maximum atomic E-state index is 4.31. The van der Waals surface area contributed by atoms with Crippen LogP contribution in [0.4, 0.5) is 0 Å². The molecule has 0 radical (unpaired) electrons. The Morgan fingerprint density at radius 2 is 1.70 bits per heavy atom. The van der Waals surface area contributed by atoms with Crippen molar-refractivity contribution in [3.05, 3.63) is 41.0 Å². The number of piperidine rings is 1. The second-order valence-corrected chi connectivity index (χ2v) is 11.5. The number of hydrogen-bond acceptors (Lipinski definition) is 1. The van der Waals surface area contributed by atoms with E-state index < -0.39 is 0 Å². The molecule has 1 nitrogen and oxygen atoms in total. The molecule has 1 saturated heterocycles. The molecule has 30 heavy (non-hydrogen) atoms. The van der Waals surface area contributed by atoms with E-state index in [0.717, 1.165) is 5.92 Å². The van der Waals surface area contributed by atoms with Gasteiger partial charge < -0.3 is 4.90 Å². The zero-order valence-corrected chi connectivity index (χ0v) is 19.7. The number of hydrogen-bond donors (Lipinski definition) is 0. The summed E-state index contributed by atoms with van der Waals surface area (Å²) in [5, 5.41) is 0. The van der Waals surface area contributed by atoms with E-state index in [2.05, 4.69) is 37.5 Å². The first kappa shape index (κ1) is 20.8. The first-order valence-corrected chi connectivity index (χ1v) is 13.1. The Labute approximate surface area is 185 Å². The molecular formula is C29H43N. The highest BCUT2D eigenvalue weighted by Gasteiger charge is 2.43. The predicted molar refractivity (Wildman–Crippen MR) is 129 cm³/mol. The van der Waals surface area contributed by atoms with Gasteiger partial charge in [0.2, 0.25) is 0 Å². The molecule has 164 valence electrons. The number of aryl methyl sites for hydroxylation is 2. The fraction of sp³-hybridized carbons (Fsp3) is 0.724. The monoisotopic (exact) mass is 405 g/mol. The summed E-state index contributed by atoms with van der Waals surface area (Å²) in [6.07, 6.45) is 18.0. The van der Waals surface area contributed by atoms with Gasteiger partial charge in [-0.3, -0.25) is 0 Å². The molecule has 1 heteroatoms. The first-order valence-electron chi connectivity index (χ1n) is 13.1. The lowest BCUT2D eigenvalue weighted by Gasteiger charge is -2.41. The van der Waals surface area contributed by atoms with Crippen LogP contribution < -0.4 is 0 Å². The van der Waals surface area contributed by atoms with Gasteiger partial charge in [-0.05, 0) is 128 Å². The van der Waals surface area contributed by atoms with Crippen molar-refractivity contribution < 1.29 is 0 Å².